The third kappa shape index (κ3) is 4.34. The van der Waals surface area contributed by atoms with Crippen LogP contribution in [0, 0.1) is 5.41 Å². The molecule has 1 aliphatic rings. The maximum atomic E-state index is 12.1. The van der Waals surface area contributed by atoms with Crippen LogP contribution in [-0.2, 0) is 16.1 Å². The maximum absolute atomic E-state index is 12.1. The summed E-state index contributed by atoms with van der Waals surface area (Å²) in [6.45, 7) is 6.81. The van der Waals surface area contributed by atoms with Crippen LogP contribution in [0.1, 0.15) is 45.6 Å². The van der Waals surface area contributed by atoms with E-state index in [2.05, 4.69) is 19.2 Å². The fourth-order valence-corrected chi connectivity index (χ4v) is 2.75. The summed E-state index contributed by atoms with van der Waals surface area (Å²) >= 11 is 0. The second-order valence-electron chi connectivity index (χ2n) is 6.55. The van der Waals surface area contributed by atoms with Crippen LogP contribution in [0.3, 0.4) is 0 Å². The van der Waals surface area contributed by atoms with Crippen molar-refractivity contribution in [1.82, 2.24) is 5.32 Å². The number of rotatable bonds is 5. The van der Waals surface area contributed by atoms with E-state index in [1.54, 1.807) is 0 Å². The molecule has 2 unspecified atom stereocenters. The van der Waals surface area contributed by atoms with Crippen molar-refractivity contribution < 1.29 is 9.53 Å². The molecule has 20 heavy (non-hydrogen) atoms. The van der Waals surface area contributed by atoms with E-state index in [9.17, 15) is 4.79 Å². The molecular formula is C17H25NO2. The van der Waals surface area contributed by atoms with Crippen molar-refractivity contribution in [2.24, 2.45) is 5.41 Å². The lowest BCUT2D eigenvalue weighted by Gasteiger charge is -2.20. The molecule has 3 heteroatoms. The van der Waals surface area contributed by atoms with E-state index in [4.69, 9.17) is 4.74 Å². The second-order valence-corrected chi connectivity index (χ2v) is 6.55. The number of carbonyl (C=O) groups is 1. The lowest BCUT2D eigenvalue weighted by Crippen LogP contribution is -2.40. The SMILES string of the molecule is CC(OCc1ccccc1)C(=O)NC1CCC(C)(C)C1. The van der Waals surface area contributed by atoms with Gasteiger partial charge in [0.15, 0.2) is 0 Å². The van der Waals surface area contributed by atoms with Gasteiger partial charge in [-0.3, -0.25) is 4.79 Å². The minimum Gasteiger partial charge on any atom is -0.364 e. The average molecular weight is 275 g/mol. The molecule has 1 aromatic rings. The first-order chi connectivity index (χ1) is 9.46. The second kappa shape index (κ2) is 6.40. The molecule has 0 heterocycles. The van der Waals surface area contributed by atoms with Crippen LogP contribution in [0.5, 0.6) is 0 Å². The Bertz CT molecular complexity index is 442. The van der Waals surface area contributed by atoms with E-state index in [1.807, 2.05) is 37.3 Å². The van der Waals surface area contributed by atoms with Gasteiger partial charge in [0, 0.05) is 6.04 Å². The van der Waals surface area contributed by atoms with Gasteiger partial charge < -0.3 is 10.1 Å². The number of benzene rings is 1. The van der Waals surface area contributed by atoms with Gasteiger partial charge in [0.25, 0.3) is 0 Å². The van der Waals surface area contributed by atoms with Crippen molar-refractivity contribution in [1.29, 1.82) is 0 Å². The van der Waals surface area contributed by atoms with Crippen molar-refractivity contribution in [3.05, 3.63) is 35.9 Å². The Morgan fingerprint density at radius 2 is 2.10 bits per heavy atom. The van der Waals surface area contributed by atoms with Crippen molar-refractivity contribution in [3.63, 3.8) is 0 Å². The fourth-order valence-electron chi connectivity index (χ4n) is 2.75. The molecule has 1 saturated carbocycles. The molecule has 0 radical (unpaired) electrons. The average Bonchev–Trinajstić information content (AvgIpc) is 2.76. The zero-order valence-corrected chi connectivity index (χ0v) is 12.7. The summed E-state index contributed by atoms with van der Waals surface area (Å²) in [5, 5.41) is 3.11. The van der Waals surface area contributed by atoms with Crippen LogP contribution in [0.15, 0.2) is 30.3 Å². The molecule has 3 nitrogen and oxygen atoms in total. The highest BCUT2D eigenvalue weighted by atomic mass is 16.5. The number of amides is 1. The van der Waals surface area contributed by atoms with Crippen molar-refractivity contribution in [2.75, 3.05) is 0 Å². The highest BCUT2D eigenvalue weighted by Gasteiger charge is 2.32. The van der Waals surface area contributed by atoms with E-state index in [0.29, 0.717) is 18.1 Å². The molecule has 0 aliphatic heterocycles. The van der Waals surface area contributed by atoms with Gasteiger partial charge in [0.05, 0.1) is 6.61 Å². The minimum absolute atomic E-state index is 0.00336. The Balaban J connectivity index is 1.75. The molecule has 2 atom stereocenters. The first-order valence-electron chi connectivity index (χ1n) is 7.42. The normalized spacial score (nSPS) is 22.4. The first-order valence-corrected chi connectivity index (χ1v) is 7.42. The summed E-state index contributed by atoms with van der Waals surface area (Å²) < 4.78 is 5.64. The van der Waals surface area contributed by atoms with Gasteiger partial charge in [-0.15, -0.1) is 0 Å². The summed E-state index contributed by atoms with van der Waals surface area (Å²) in [5.74, 6) is 0.00336. The predicted molar refractivity (Wildman–Crippen MR) is 80.3 cm³/mol. The smallest absolute Gasteiger partial charge is 0.249 e. The number of nitrogens with one attached hydrogen (secondary N) is 1. The first kappa shape index (κ1) is 15.0. The number of carbonyl (C=O) groups excluding carboxylic acids is 1. The van der Waals surface area contributed by atoms with Gasteiger partial charge in [0.2, 0.25) is 5.91 Å². The molecule has 0 aromatic heterocycles. The molecule has 1 aromatic carbocycles. The molecule has 1 aliphatic carbocycles. The lowest BCUT2D eigenvalue weighted by atomic mass is 9.92. The summed E-state index contributed by atoms with van der Waals surface area (Å²) in [6, 6.07) is 10.2. The topological polar surface area (TPSA) is 38.3 Å². The van der Waals surface area contributed by atoms with E-state index < -0.39 is 6.10 Å². The predicted octanol–water partition coefficient (Wildman–Crippen LogP) is 3.29. The standard InChI is InChI=1S/C17H25NO2/c1-13(20-12-14-7-5-4-6-8-14)16(19)18-15-9-10-17(2,3)11-15/h4-8,13,15H,9-12H2,1-3H3,(H,18,19). The number of hydrogen-bond donors (Lipinski definition) is 1. The summed E-state index contributed by atoms with van der Waals surface area (Å²) in [6.07, 6.45) is 2.91. The van der Waals surface area contributed by atoms with Crippen LogP contribution >= 0.6 is 0 Å². The summed E-state index contributed by atoms with van der Waals surface area (Å²) in [7, 11) is 0. The number of ether oxygens (including phenoxy) is 1. The van der Waals surface area contributed by atoms with Crippen molar-refractivity contribution >= 4 is 5.91 Å². The van der Waals surface area contributed by atoms with Gasteiger partial charge in [-0.1, -0.05) is 44.2 Å². The molecule has 0 spiro atoms. The quantitative estimate of drug-likeness (QED) is 0.895. The van der Waals surface area contributed by atoms with Crippen LogP contribution in [-0.4, -0.2) is 18.1 Å². The Labute approximate surface area is 121 Å². The summed E-state index contributed by atoms with van der Waals surface area (Å²) in [5.41, 5.74) is 1.45. The van der Waals surface area contributed by atoms with Crippen molar-refractivity contribution in [3.8, 4) is 0 Å². The Morgan fingerprint density at radius 3 is 2.70 bits per heavy atom. The minimum atomic E-state index is -0.404. The molecule has 1 N–H and O–H groups in total. The Morgan fingerprint density at radius 1 is 1.40 bits per heavy atom. The molecule has 1 amide bonds. The van der Waals surface area contributed by atoms with Crippen LogP contribution in [0.4, 0.5) is 0 Å². The molecule has 0 bridgehead atoms. The lowest BCUT2D eigenvalue weighted by molar-refractivity contribution is -0.133. The van der Waals surface area contributed by atoms with Gasteiger partial charge in [-0.05, 0) is 37.2 Å². The van der Waals surface area contributed by atoms with E-state index in [-0.39, 0.29) is 5.91 Å². The van der Waals surface area contributed by atoms with Gasteiger partial charge >= 0.3 is 0 Å². The van der Waals surface area contributed by atoms with Crippen LogP contribution in [0.25, 0.3) is 0 Å². The van der Waals surface area contributed by atoms with Gasteiger partial charge in [-0.25, -0.2) is 0 Å². The largest absolute Gasteiger partial charge is 0.364 e. The van der Waals surface area contributed by atoms with Crippen LogP contribution in [0.2, 0.25) is 0 Å². The fraction of sp³-hybridized carbons (Fsp3) is 0.588. The Kier molecular flexibility index (Phi) is 4.81. The maximum Gasteiger partial charge on any atom is 0.249 e. The highest BCUT2D eigenvalue weighted by Crippen LogP contribution is 2.36. The third-order valence-electron chi connectivity index (χ3n) is 4.03. The van der Waals surface area contributed by atoms with E-state index in [0.717, 1.165) is 18.4 Å². The van der Waals surface area contributed by atoms with Gasteiger partial charge in [0.1, 0.15) is 6.10 Å². The third-order valence-corrected chi connectivity index (χ3v) is 4.03. The van der Waals surface area contributed by atoms with Crippen molar-refractivity contribution in [2.45, 2.75) is 58.8 Å². The Hall–Kier alpha value is -1.35. The summed E-state index contributed by atoms with van der Waals surface area (Å²) in [4.78, 5) is 12.1. The molecular weight excluding hydrogens is 250 g/mol. The zero-order valence-electron chi connectivity index (χ0n) is 12.7. The molecule has 0 saturated heterocycles. The molecule has 110 valence electrons. The highest BCUT2D eigenvalue weighted by molar-refractivity contribution is 5.80. The molecule has 1 fully saturated rings. The van der Waals surface area contributed by atoms with Gasteiger partial charge in [-0.2, -0.15) is 0 Å². The molecule has 2 rings (SSSR count). The van der Waals surface area contributed by atoms with E-state index in [1.165, 1.54) is 6.42 Å². The zero-order chi connectivity index (χ0) is 14.6. The monoisotopic (exact) mass is 275 g/mol. The van der Waals surface area contributed by atoms with Crippen LogP contribution < -0.4 is 5.32 Å². The van der Waals surface area contributed by atoms with E-state index >= 15 is 0 Å². The number of hydrogen-bond acceptors (Lipinski definition) is 2.